The van der Waals surface area contributed by atoms with Crippen molar-refractivity contribution in [1.29, 1.82) is 0 Å². The molecule has 2 rings (SSSR count). The maximum atomic E-state index is 11.9. The van der Waals surface area contributed by atoms with Gasteiger partial charge in [0.25, 0.3) is 5.91 Å². The van der Waals surface area contributed by atoms with E-state index in [9.17, 15) is 18.3 Å². The number of nitrogens with one attached hydrogen (secondary N) is 2. The Balaban J connectivity index is 2.10. The van der Waals surface area contributed by atoms with Crippen LogP contribution in [-0.4, -0.2) is 30.7 Å². The number of sulfonamides is 1. The molecule has 3 N–H and O–H groups in total. The number of rotatable bonds is 4. The Bertz CT molecular complexity index is 757. The largest absolute Gasteiger partial charge is 0.505 e. The zero-order valence-corrected chi connectivity index (χ0v) is 11.9. The number of pyridine rings is 1. The fourth-order valence-electron chi connectivity index (χ4n) is 1.60. The van der Waals surface area contributed by atoms with Crippen molar-refractivity contribution in [3.63, 3.8) is 0 Å². The van der Waals surface area contributed by atoms with E-state index >= 15 is 0 Å². The number of nitrogens with zero attached hydrogens (tertiary/aromatic N) is 1. The van der Waals surface area contributed by atoms with Gasteiger partial charge in [-0.25, -0.2) is 13.4 Å². The summed E-state index contributed by atoms with van der Waals surface area (Å²) in [4.78, 5) is 15.7. The predicted molar refractivity (Wildman–Crippen MR) is 78.8 cm³/mol. The zero-order valence-electron chi connectivity index (χ0n) is 11.1. The second-order valence-electron chi connectivity index (χ2n) is 4.28. The van der Waals surface area contributed by atoms with Gasteiger partial charge in [0, 0.05) is 17.6 Å². The molecule has 110 valence electrons. The van der Waals surface area contributed by atoms with Crippen LogP contribution >= 0.6 is 0 Å². The number of anilines is 2. The Kier molecular flexibility index (Phi) is 4.08. The van der Waals surface area contributed by atoms with E-state index in [4.69, 9.17) is 0 Å². The van der Waals surface area contributed by atoms with Crippen molar-refractivity contribution < 1.29 is 18.3 Å². The van der Waals surface area contributed by atoms with E-state index in [1.54, 1.807) is 0 Å². The number of carbonyl (C=O) groups is 1. The average Bonchev–Trinajstić information content (AvgIpc) is 2.40. The van der Waals surface area contributed by atoms with Crippen molar-refractivity contribution in [1.82, 2.24) is 4.98 Å². The lowest BCUT2D eigenvalue weighted by Gasteiger charge is -2.07. The van der Waals surface area contributed by atoms with Crippen molar-refractivity contribution >= 4 is 27.3 Å². The lowest BCUT2D eigenvalue weighted by molar-refractivity contribution is 0.101. The van der Waals surface area contributed by atoms with E-state index in [0.717, 1.165) is 6.26 Å². The predicted octanol–water partition coefficient (Wildman–Crippen LogP) is 1.41. The summed E-state index contributed by atoms with van der Waals surface area (Å²) in [5.41, 5.74) is 0.746. The number of amides is 1. The van der Waals surface area contributed by atoms with Crippen LogP contribution in [0.4, 0.5) is 11.4 Å². The van der Waals surface area contributed by atoms with Gasteiger partial charge in [0.05, 0.1) is 6.26 Å². The second kappa shape index (κ2) is 5.80. The third-order valence-corrected chi connectivity index (χ3v) is 3.05. The molecule has 1 aromatic carbocycles. The molecule has 0 aliphatic carbocycles. The van der Waals surface area contributed by atoms with Crippen molar-refractivity contribution in [3.05, 3.63) is 48.3 Å². The Hall–Kier alpha value is -2.61. The number of benzene rings is 1. The van der Waals surface area contributed by atoms with Gasteiger partial charge in [-0.15, -0.1) is 0 Å². The molecule has 0 radical (unpaired) electrons. The molecule has 21 heavy (non-hydrogen) atoms. The van der Waals surface area contributed by atoms with Crippen LogP contribution in [0.15, 0.2) is 42.6 Å². The maximum Gasteiger partial charge on any atom is 0.278 e. The molecule has 0 spiro atoms. The molecule has 0 aliphatic heterocycles. The van der Waals surface area contributed by atoms with Crippen LogP contribution in [0.25, 0.3) is 0 Å². The Morgan fingerprint density at radius 2 is 1.76 bits per heavy atom. The minimum atomic E-state index is -3.34. The van der Waals surface area contributed by atoms with Crippen LogP contribution in [0.1, 0.15) is 10.5 Å². The summed E-state index contributed by atoms with van der Waals surface area (Å²) >= 11 is 0. The molecule has 0 unspecified atom stereocenters. The van der Waals surface area contributed by atoms with Gasteiger partial charge < -0.3 is 10.4 Å². The summed E-state index contributed by atoms with van der Waals surface area (Å²) in [6, 6.07) is 8.96. The minimum absolute atomic E-state index is 0.0872. The summed E-state index contributed by atoms with van der Waals surface area (Å²) in [5.74, 6) is -0.776. The molecule has 0 saturated heterocycles. The fourth-order valence-corrected chi connectivity index (χ4v) is 2.16. The molecule has 0 fully saturated rings. The van der Waals surface area contributed by atoms with Gasteiger partial charge >= 0.3 is 0 Å². The van der Waals surface area contributed by atoms with Gasteiger partial charge in [0.2, 0.25) is 10.0 Å². The number of hydrogen-bond donors (Lipinski definition) is 3. The van der Waals surface area contributed by atoms with E-state index in [0.29, 0.717) is 11.4 Å². The van der Waals surface area contributed by atoms with Gasteiger partial charge in [-0.3, -0.25) is 9.52 Å². The maximum absolute atomic E-state index is 11.9. The van der Waals surface area contributed by atoms with E-state index in [1.807, 2.05) is 0 Å². The van der Waals surface area contributed by atoms with E-state index in [2.05, 4.69) is 15.0 Å². The first kappa shape index (κ1) is 14.8. The second-order valence-corrected chi connectivity index (χ2v) is 6.03. The number of aromatic nitrogens is 1. The van der Waals surface area contributed by atoms with E-state index in [1.165, 1.54) is 42.6 Å². The lowest BCUT2D eigenvalue weighted by atomic mass is 10.2. The van der Waals surface area contributed by atoms with Gasteiger partial charge in [0.15, 0.2) is 5.69 Å². The van der Waals surface area contributed by atoms with Crippen LogP contribution < -0.4 is 10.0 Å². The summed E-state index contributed by atoms with van der Waals surface area (Å²) < 4.78 is 24.4. The van der Waals surface area contributed by atoms with Gasteiger partial charge in [-0.05, 0) is 36.4 Å². The fraction of sp³-hybridized carbons (Fsp3) is 0.0769. The minimum Gasteiger partial charge on any atom is -0.505 e. The summed E-state index contributed by atoms with van der Waals surface area (Å²) in [6.07, 6.45) is 2.44. The third-order valence-electron chi connectivity index (χ3n) is 2.45. The van der Waals surface area contributed by atoms with Crippen LogP contribution in [0.5, 0.6) is 5.75 Å². The first-order valence-corrected chi connectivity index (χ1v) is 7.77. The van der Waals surface area contributed by atoms with Crippen LogP contribution in [0.3, 0.4) is 0 Å². The van der Waals surface area contributed by atoms with Gasteiger partial charge in [-0.1, -0.05) is 0 Å². The van der Waals surface area contributed by atoms with Crippen molar-refractivity contribution in [2.75, 3.05) is 16.3 Å². The summed E-state index contributed by atoms with van der Waals surface area (Å²) in [6.45, 7) is 0. The molecule has 0 atom stereocenters. The van der Waals surface area contributed by atoms with Crippen molar-refractivity contribution in [3.8, 4) is 5.75 Å². The molecule has 0 saturated carbocycles. The van der Waals surface area contributed by atoms with Crippen LogP contribution in [-0.2, 0) is 10.0 Å². The van der Waals surface area contributed by atoms with Crippen molar-refractivity contribution in [2.45, 2.75) is 0 Å². The molecule has 1 aromatic heterocycles. The van der Waals surface area contributed by atoms with Gasteiger partial charge in [-0.2, -0.15) is 0 Å². The molecule has 8 heteroatoms. The number of aromatic hydroxyl groups is 1. The van der Waals surface area contributed by atoms with E-state index < -0.39 is 15.9 Å². The molecule has 0 aliphatic rings. The first-order valence-electron chi connectivity index (χ1n) is 5.88. The topological polar surface area (TPSA) is 108 Å². The summed E-state index contributed by atoms with van der Waals surface area (Å²) in [7, 11) is -3.34. The average molecular weight is 307 g/mol. The molecular weight excluding hydrogens is 294 g/mol. The molecule has 1 amide bonds. The number of carbonyl (C=O) groups excluding carboxylic acids is 1. The molecule has 1 heterocycles. The quantitative estimate of drug-likeness (QED) is 0.791. The van der Waals surface area contributed by atoms with Crippen LogP contribution in [0.2, 0.25) is 0 Å². The number of hydrogen-bond acceptors (Lipinski definition) is 5. The highest BCUT2D eigenvalue weighted by atomic mass is 32.2. The lowest BCUT2D eigenvalue weighted by Crippen LogP contribution is -2.14. The van der Waals surface area contributed by atoms with Crippen molar-refractivity contribution in [2.24, 2.45) is 0 Å². The molecular formula is C13H13N3O4S. The van der Waals surface area contributed by atoms with Gasteiger partial charge in [0.1, 0.15) is 5.75 Å². The highest BCUT2D eigenvalue weighted by molar-refractivity contribution is 7.92. The highest BCUT2D eigenvalue weighted by Crippen LogP contribution is 2.17. The third kappa shape index (κ3) is 4.18. The normalized spacial score (nSPS) is 10.9. The first-order chi connectivity index (χ1) is 9.85. The highest BCUT2D eigenvalue weighted by Gasteiger charge is 2.12. The van der Waals surface area contributed by atoms with Crippen LogP contribution in [0, 0.1) is 0 Å². The Labute approximate surface area is 121 Å². The molecule has 2 aromatic rings. The SMILES string of the molecule is CS(=O)(=O)Nc1ccc(NC(=O)c2ncccc2O)cc1. The Morgan fingerprint density at radius 1 is 1.14 bits per heavy atom. The Morgan fingerprint density at radius 3 is 2.33 bits per heavy atom. The smallest absolute Gasteiger partial charge is 0.278 e. The molecule has 7 nitrogen and oxygen atoms in total. The zero-order chi connectivity index (χ0) is 15.5. The molecule has 0 bridgehead atoms. The monoisotopic (exact) mass is 307 g/mol. The summed E-state index contributed by atoms with van der Waals surface area (Å²) in [5, 5.41) is 12.1. The standard InChI is InChI=1S/C13H13N3O4S/c1-21(19,20)16-10-6-4-9(5-7-10)15-13(18)12-11(17)3-2-8-14-12/h2-8,16-17H,1H3,(H,15,18). The van der Waals surface area contributed by atoms with E-state index in [-0.39, 0.29) is 11.4 Å².